The van der Waals surface area contributed by atoms with Gasteiger partial charge in [0, 0.05) is 12.4 Å². The van der Waals surface area contributed by atoms with Crippen LogP contribution in [0.5, 0.6) is 0 Å². The Morgan fingerprint density at radius 1 is 1.18 bits per heavy atom. The quantitative estimate of drug-likeness (QED) is 0.725. The Bertz CT molecular complexity index is 844. The van der Waals surface area contributed by atoms with Crippen LogP contribution in [-0.2, 0) is 6.54 Å². The van der Waals surface area contributed by atoms with Gasteiger partial charge in [0.25, 0.3) is 0 Å². The van der Waals surface area contributed by atoms with Crippen molar-refractivity contribution in [3.63, 3.8) is 0 Å². The van der Waals surface area contributed by atoms with Gasteiger partial charge in [-0.2, -0.15) is 5.26 Å². The summed E-state index contributed by atoms with van der Waals surface area (Å²) in [5.74, 6) is 0.0179. The molecule has 1 aromatic heterocycles. The summed E-state index contributed by atoms with van der Waals surface area (Å²) in [4.78, 5) is 4.22. The minimum Gasteiger partial charge on any atom is -0.326 e. The fourth-order valence-electron chi connectivity index (χ4n) is 2.33. The van der Waals surface area contributed by atoms with E-state index in [0.717, 1.165) is 5.56 Å². The molecule has 0 saturated carbocycles. The summed E-state index contributed by atoms with van der Waals surface area (Å²) in [7, 11) is 0. The number of aromatic nitrogens is 2. The molecule has 0 fully saturated rings. The van der Waals surface area contributed by atoms with Gasteiger partial charge < -0.3 is 4.57 Å². The molecule has 1 heterocycles. The van der Waals surface area contributed by atoms with Crippen molar-refractivity contribution in [1.29, 1.82) is 5.26 Å². The van der Waals surface area contributed by atoms with Gasteiger partial charge >= 0.3 is 0 Å². The minimum atomic E-state index is -0.423. The van der Waals surface area contributed by atoms with Crippen LogP contribution in [0.4, 0.5) is 4.39 Å². The Hall–Kier alpha value is -2.64. The lowest BCUT2D eigenvalue weighted by Crippen LogP contribution is -2.04. The fraction of sp³-hybridized carbons (Fsp3) is 0.0588. The third-order valence-electron chi connectivity index (χ3n) is 3.38. The predicted molar refractivity (Wildman–Crippen MR) is 82.9 cm³/mol. The lowest BCUT2D eigenvalue weighted by molar-refractivity contribution is 0.628. The van der Waals surface area contributed by atoms with Crippen LogP contribution in [0.15, 0.2) is 54.9 Å². The van der Waals surface area contributed by atoms with Crippen molar-refractivity contribution in [2.24, 2.45) is 0 Å². The van der Waals surface area contributed by atoms with Gasteiger partial charge in [-0.3, -0.25) is 0 Å². The lowest BCUT2D eigenvalue weighted by atomic mass is 10.1. The van der Waals surface area contributed by atoms with Gasteiger partial charge in [-0.15, -0.1) is 0 Å². The van der Waals surface area contributed by atoms with Crippen LogP contribution in [0, 0.1) is 17.1 Å². The van der Waals surface area contributed by atoms with Crippen molar-refractivity contribution in [3.8, 4) is 17.5 Å². The molecule has 0 radical (unpaired) electrons. The minimum absolute atomic E-state index is 0.267. The van der Waals surface area contributed by atoms with Gasteiger partial charge in [0.15, 0.2) is 0 Å². The number of benzene rings is 2. The average Bonchev–Trinajstić information content (AvgIpc) is 2.96. The number of nitrogens with zero attached hydrogens (tertiary/aromatic N) is 3. The zero-order valence-electron chi connectivity index (χ0n) is 11.5. The van der Waals surface area contributed by atoms with E-state index in [2.05, 4.69) is 11.1 Å². The van der Waals surface area contributed by atoms with Crippen LogP contribution in [0.1, 0.15) is 11.1 Å². The molecule has 0 unspecified atom stereocenters. The molecule has 0 bridgehead atoms. The van der Waals surface area contributed by atoms with Crippen molar-refractivity contribution in [3.05, 3.63) is 76.8 Å². The molecule has 108 valence electrons. The van der Waals surface area contributed by atoms with E-state index in [-0.39, 0.29) is 5.56 Å². The molecular formula is C17H11ClFN3. The smallest absolute Gasteiger partial charge is 0.144 e. The summed E-state index contributed by atoms with van der Waals surface area (Å²) in [6, 6.07) is 14.0. The highest BCUT2D eigenvalue weighted by Crippen LogP contribution is 2.29. The van der Waals surface area contributed by atoms with Crippen molar-refractivity contribution in [1.82, 2.24) is 9.55 Å². The fourth-order valence-corrected chi connectivity index (χ4v) is 2.57. The normalized spacial score (nSPS) is 10.4. The molecule has 0 aliphatic heterocycles. The topological polar surface area (TPSA) is 41.6 Å². The first-order chi connectivity index (χ1) is 10.7. The summed E-state index contributed by atoms with van der Waals surface area (Å²) in [5.41, 5.74) is 1.70. The highest BCUT2D eigenvalue weighted by molar-refractivity contribution is 6.33. The second-order valence-corrected chi connectivity index (χ2v) is 5.15. The van der Waals surface area contributed by atoms with E-state index >= 15 is 0 Å². The molecule has 3 rings (SSSR count). The molecule has 3 aromatic rings. The maximum atomic E-state index is 14.1. The lowest BCUT2D eigenvalue weighted by Gasteiger charge is -2.11. The van der Waals surface area contributed by atoms with Crippen LogP contribution < -0.4 is 0 Å². The molecule has 0 aliphatic rings. The highest BCUT2D eigenvalue weighted by atomic mass is 35.5. The van der Waals surface area contributed by atoms with Crippen LogP contribution in [0.25, 0.3) is 11.4 Å². The molecule has 3 nitrogen and oxygen atoms in total. The van der Waals surface area contributed by atoms with Gasteiger partial charge in [0.1, 0.15) is 11.6 Å². The van der Waals surface area contributed by atoms with Crippen molar-refractivity contribution >= 4 is 11.6 Å². The molecule has 0 aliphatic carbocycles. The van der Waals surface area contributed by atoms with Gasteiger partial charge in [-0.1, -0.05) is 35.9 Å². The van der Waals surface area contributed by atoms with Crippen molar-refractivity contribution in [2.75, 3.05) is 0 Å². The SMILES string of the molecule is N#Cc1ccccc1Cn1ccnc1-c1c(F)cccc1Cl. The molecule has 5 heteroatoms. The van der Waals surface area contributed by atoms with E-state index < -0.39 is 5.82 Å². The third-order valence-corrected chi connectivity index (χ3v) is 3.70. The highest BCUT2D eigenvalue weighted by Gasteiger charge is 2.15. The Labute approximate surface area is 132 Å². The number of rotatable bonds is 3. The molecular weight excluding hydrogens is 301 g/mol. The van der Waals surface area contributed by atoms with Crippen molar-refractivity contribution < 1.29 is 4.39 Å². The summed E-state index contributed by atoms with van der Waals surface area (Å²) >= 11 is 6.11. The average molecular weight is 312 g/mol. The number of hydrogen-bond donors (Lipinski definition) is 0. The largest absolute Gasteiger partial charge is 0.326 e. The second-order valence-electron chi connectivity index (χ2n) is 4.74. The Morgan fingerprint density at radius 2 is 2.00 bits per heavy atom. The monoisotopic (exact) mass is 311 g/mol. The van der Waals surface area contributed by atoms with Crippen LogP contribution in [0.2, 0.25) is 5.02 Å². The van der Waals surface area contributed by atoms with E-state index in [1.807, 2.05) is 18.2 Å². The van der Waals surface area contributed by atoms with Crippen LogP contribution in [-0.4, -0.2) is 9.55 Å². The molecule has 0 amide bonds. The first kappa shape index (κ1) is 14.3. The number of hydrogen-bond acceptors (Lipinski definition) is 2. The third kappa shape index (κ3) is 2.59. The first-order valence-electron chi connectivity index (χ1n) is 6.64. The van der Waals surface area contributed by atoms with E-state index in [0.29, 0.717) is 23.0 Å². The van der Waals surface area contributed by atoms with E-state index in [1.165, 1.54) is 6.07 Å². The predicted octanol–water partition coefficient (Wildman–Crippen LogP) is 4.26. The van der Waals surface area contributed by atoms with E-state index in [4.69, 9.17) is 16.9 Å². The van der Waals surface area contributed by atoms with Gasteiger partial charge in [-0.25, -0.2) is 9.37 Å². The summed E-state index contributed by atoms with van der Waals surface area (Å²) in [6.07, 6.45) is 3.33. The maximum Gasteiger partial charge on any atom is 0.144 e. The number of halogens is 2. The Morgan fingerprint density at radius 3 is 2.77 bits per heavy atom. The van der Waals surface area contributed by atoms with E-state index in [1.54, 1.807) is 35.2 Å². The summed E-state index contributed by atoms with van der Waals surface area (Å²) < 4.78 is 15.9. The van der Waals surface area contributed by atoms with Gasteiger partial charge in [0.05, 0.1) is 28.8 Å². The zero-order chi connectivity index (χ0) is 15.5. The molecule has 22 heavy (non-hydrogen) atoms. The maximum absolute atomic E-state index is 14.1. The van der Waals surface area contributed by atoms with E-state index in [9.17, 15) is 4.39 Å². The Balaban J connectivity index is 2.05. The first-order valence-corrected chi connectivity index (χ1v) is 7.02. The zero-order valence-corrected chi connectivity index (χ0v) is 12.3. The van der Waals surface area contributed by atoms with Gasteiger partial charge in [0.2, 0.25) is 0 Å². The molecule has 0 saturated heterocycles. The molecule has 2 aromatic carbocycles. The second kappa shape index (κ2) is 6.00. The molecule has 0 atom stereocenters. The molecule has 0 spiro atoms. The van der Waals surface area contributed by atoms with Gasteiger partial charge in [-0.05, 0) is 23.8 Å². The van der Waals surface area contributed by atoms with Crippen LogP contribution >= 0.6 is 11.6 Å². The van der Waals surface area contributed by atoms with Crippen LogP contribution in [0.3, 0.4) is 0 Å². The van der Waals surface area contributed by atoms with Crippen molar-refractivity contribution in [2.45, 2.75) is 6.54 Å². The Kier molecular flexibility index (Phi) is 3.90. The number of nitriles is 1. The summed E-state index contributed by atoms with van der Waals surface area (Å²) in [5, 5.41) is 9.47. The number of imidazole rings is 1. The molecule has 0 N–H and O–H groups in total. The standard InChI is InChI=1S/C17H11ClFN3/c18-14-6-3-7-15(19)16(14)17-21-8-9-22(17)11-13-5-2-1-4-12(13)10-20/h1-9H,11H2. The summed E-state index contributed by atoms with van der Waals surface area (Å²) in [6.45, 7) is 0.420.